The third-order valence-electron chi connectivity index (χ3n) is 1.63. The van der Waals surface area contributed by atoms with Crippen molar-refractivity contribution in [2.24, 2.45) is 0 Å². The fraction of sp³-hybridized carbons (Fsp3) is 0.400. The van der Waals surface area contributed by atoms with Crippen molar-refractivity contribution in [2.45, 2.75) is 19.9 Å². The Hall–Kier alpha value is -0.830. The van der Waals surface area contributed by atoms with Crippen LogP contribution in [0, 0.1) is 0 Å². The second-order valence-corrected chi connectivity index (χ2v) is 5.17. The Morgan fingerprint density at radius 2 is 1.87 bits per heavy atom. The van der Waals surface area contributed by atoms with Crippen LogP contribution < -0.4 is 9.61 Å². The Kier molecular flexibility index (Phi) is 4.33. The topological polar surface area (TPSA) is 47.6 Å². The molecule has 0 saturated carbocycles. The molecule has 4 nitrogen and oxygen atoms in total. The van der Waals surface area contributed by atoms with Crippen molar-refractivity contribution in [1.29, 1.82) is 0 Å². The predicted octanol–water partition coefficient (Wildman–Crippen LogP) is 2.82. The van der Waals surface area contributed by atoms with E-state index in [1.165, 1.54) is 7.11 Å². The quantitative estimate of drug-likeness (QED) is 0.788. The molecule has 0 amide bonds. The molecule has 0 saturated heterocycles. The average Bonchev–Trinajstić information content (AvgIpc) is 2.18. The van der Waals surface area contributed by atoms with Crippen molar-refractivity contribution in [2.75, 3.05) is 7.11 Å². The molecule has 5 heteroatoms. The fourth-order valence-electron chi connectivity index (χ4n) is 1.05. The highest BCUT2D eigenvalue weighted by Crippen LogP contribution is 2.43. The van der Waals surface area contributed by atoms with Gasteiger partial charge in [-0.2, -0.15) is 0 Å². The SMILES string of the molecule is COP(=O)(NC(C)C)Oc1ccccc1. The van der Waals surface area contributed by atoms with E-state index in [2.05, 4.69) is 5.09 Å². The molecule has 0 aliphatic rings. The van der Waals surface area contributed by atoms with Gasteiger partial charge in [0.2, 0.25) is 0 Å². The Morgan fingerprint density at radius 1 is 1.27 bits per heavy atom. The maximum absolute atomic E-state index is 12.0. The Labute approximate surface area is 90.2 Å². The van der Waals surface area contributed by atoms with Gasteiger partial charge in [-0.3, -0.25) is 4.52 Å². The highest BCUT2D eigenvalue weighted by Gasteiger charge is 2.25. The lowest BCUT2D eigenvalue weighted by atomic mass is 10.3. The maximum Gasteiger partial charge on any atom is 0.458 e. The summed E-state index contributed by atoms with van der Waals surface area (Å²) in [6.07, 6.45) is 0. The number of hydrogen-bond acceptors (Lipinski definition) is 3. The van der Waals surface area contributed by atoms with Gasteiger partial charge in [-0.05, 0) is 26.0 Å². The molecule has 1 rings (SSSR count). The lowest BCUT2D eigenvalue weighted by molar-refractivity contribution is 0.305. The number of benzene rings is 1. The number of para-hydroxylation sites is 1. The molecule has 84 valence electrons. The van der Waals surface area contributed by atoms with E-state index in [0.29, 0.717) is 5.75 Å². The fourth-order valence-corrected chi connectivity index (χ4v) is 2.32. The molecule has 1 N–H and O–H groups in total. The van der Waals surface area contributed by atoms with Crippen molar-refractivity contribution >= 4 is 7.75 Å². The van der Waals surface area contributed by atoms with Crippen LogP contribution in [0.1, 0.15) is 13.8 Å². The van der Waals surface area contributed by atoms with Crippen molar-refractivity contribution < 1.29 is 13.6 Å². The summed E-state index contributed by atoms with van der Waals surface area (Å²) in [6.45, 7) is 3.75. The van der Waals surface area contributed by atoms with E-state index < -0.39 is 7.75 Å². The highest BCUT2D eigenvalue weighted by molar-refractivity contribution is 7.52. The summed E-state index contributed by atoms with van der Waals surface area (Å²) < 4.78 is 22.2. The lowest BCUT2D eigenvalue weighted by Gasteiger charge is -2.19. The monoisotopic (exact) mass is 229 g/mol. The summed E-state index contributed by atoms with van der Waals surface area (Å²) >= 11 is 0. The summed E-state index contributed by atoms with van der Waals surface area (Å²) in [4.78, 5) is 0. The van der Waals surface area contributed by atoms with Gasteiger partial charge >= 0.3 is 7.75 Å². The van der Waals surface area contributed by atoms with Gasteiger partial charge in [0.15, 0.2) is 0 Å². The molecule has 1 aromatic rings. The van der Waals surface area contributed by atoms with Crippen LogP contribution in [0.2, 0.25) is 0 Å². The summed E-state index contributed by atoms with van der Waals surface area (Å²) in [7, 11) is -1.87. The van der Waals surface area contributed by atoms with Gasteiger partial charge in [-0.1, -0.05) is 18.2 Å². The van der Waals surface area contributed by atoms with Gasteiger partial charge in [0.25, 0.3) is 0 Å². The van der Waals surface area contributed by atoms with Gasteiger partial charge in [-0.25, -0.2) is 9.65 Å². The zero-order chi connectivity index (χ0) is 11.3. The van der Waals surface area contributed by atoms with Crippen molar-refractivity contribution in [1.82, 2.24) is 5.09 Å². The minimum atomic E-state index is -3.23. The minimum Gasteiger partial charge on any atom is -0.413 e. The molecule has 1 atom stereocenters. The van der Waals surface area contributed by atoms with Crippen molar-refractivity contribution in [3.63, 3.8) is 0 Å². The first-order chi connectivity index (χ1) is 7.06. The number of nitrogens with one attached hydrogen (secondary N) is 1. The van der Waals surface area contributed by atoms with E-state index >= 15 is 0 Å². The zero-order valence-corrected chi connectivity index (χ0v) is 10.0. The van der Waals surface area contributed by atoms with Crippen LogP contribution >= 0.6 is 7.75 Å². The second kappa shape index (κ2) is 5.31. The van der Waals surface area contributed by atoms with E-state index in [-0.39, 0.29) is 6.04 Å². The smallest absolute Gasteiger partial charge is 0.413 e. The van der Waals surface area contributed by atoms with Crippen molar-refractivity contribution in [3.8, 4) is 5.75 Å². The number of rotatable bonds is 5. The molecule has 0 radical (unpaired) electrons. The number of hydrogen-bond donors (Lipinski definition) is 1. The molecule has 0 bridgehead atoms. The third kappa shape index (κ3) is 4.04. The lowest BCUT2D eigenvalue weighted by Crippen LogP contribution is -2.22. The van der Waals surface area contributed by atoms with E-state index in [1.54, 1.807) is 12.1 Å². The van der Waals surface area contributed by atoms with Crippen LogP contribution in [0.5, 0.6) is 5.75 Å². The minimum absolute atomic E-state index is 0.0273. The largest absolute Gasteiger partial charge is 0.458 e. The molecule has 0 aromatic heterocycles. The van der Waals surface area contributed by atoms with Crippen LogP contribution in [-0.2, 0) is 9.09 Å². The van der Waals surface area contributed by atoms with Gasteiger partial charge in [0, 0.05) is 13.2 Å². The predicted molar refractivity (Wildman–Crippen MR) is 60.0 cm³/mol. The van der Waals surface area contributed by atoms with Gasteiger partial charge in [-0.15, -0.1) is 0 Å². The summed E-state index contributed by atoms with van der Waals surface area (Å²) in [6, 6.07) is 8.97. The second-order valence-electron chi connectivity index (χ2n) is 3.37. The van der Waals surface area contributed by atoms with Gasteiger partial charge < -0.3 is 4.52 Å². The first kappa shape index (κ1) is 12.2. The van der Waals surface area contributed by atoms with E-state index in [1.807, 2.05) is 32.0 Å². The Morgan fingerprint density at radius 3 is 2.33 bits per heavy atom. The highest BCUT2D eigenvalue weighted by atomic mass is 31.2. The molecular formula is C10H16NO3P. The molecule has 15 heavy (non-hydrogen) atoms. The van der Waals surface area contributed by atoms with Crippen LogP contribution in [0.4, 0.5) is 0 Å². The standard InChI is InChI=1S/C10H16NO3P/c1-9(2)11-15(12,13-3)14-10-7-5-4-6-8-10/h4-9H,1-3H3,(H,11,12). The summed E-state index contributed by atoms with van der Waals surface area (Å²) in [5, 5.41) is 2.77. The van der Waals surface area contributed by atoms with E-state index in [9.17, 15) is 4.57 Å². The molecule has 0 spiro atoms. The van der Waals surface area contributed by atoms with Crippen LogP contribution in [-0.4, -0.2) is 13.2 Å². The van der Waals surface area contributed by atoms with E-state index in [4.69, 9.17) is 9.05 Å². The Bertz CT molecular complexity index is 340. The van der Waals surface area contributed by atoms with Gasteiger partial charge in [0.1, 0.15) is 5.75 Å². The summed E-state index contributed by atoms with van der Waals surface area (Å²) in [5.41, 5.74) is 0. The van der Waals surface area contributed by atoms with Crippen LogP contribution in [0.3, 0.4) is 0 Å². The summed E-state index contributed by atoms with van der Waals surface area (Å²) in [5.74, 6) is 0.524. The van der Waals surface area contributed by atoms with Crippen LogP contribution in [0.25, 0.3) is 0 Å². The molecule has 0 fully saturated rings. The first-order valence-electron chi connectivity index (χ1n) is 4.74. The maximum atomic E-state index is 12.0. The van der Waals surface area contributed by atoms with Gasteiger partial charge in [0.05, 0.1) is 0 Å². The van der Waals surface area contributed by atoms with E-state index in [0.717, 1.165) is 0 Å². The first-order valence-corrected chi connectivity index (χ1v) is 6.28. The van der Waals surface area contributed by atoms with Crippen LogP contribution in [0.15, 0.2) is 30.3 Å². The zero-order valence-electron chi connectivity index (χ0n) is 9.14. The molecule has 0 aliphatic heterocycles. The Balaban J connectivity index is 2.73. The molecule has 0 aliphatic carbocycles. The normalized spacial score (nSPS) is 14.9. The molecule has 1 aromatic carbocycles. The molecule has 0 heterocycles. The molecular weight excluding hydrogens is 213 g/mol. The third-order valence-corrected chi connectivity index (χ3v) is 3.39. The molecule has 1 unspecified atom stereocenters. The van der Waals surface area contributed by atoms with Crippen molar-refractivity contribution in [3.05, 3.63) is 30.3 Å². The average molecular weight is 229 g/mol.